The second kappa shape index (κ2) is 7.56. The number of phenols is 1. The van der Waals surface area contributed by atoms with E-state index >= 15 is 0 Å². The van der Waals surface area contributed by atoms with Crippen LogP contribution in [0.1, 0.15) is 16.2 Å². The van der Waals surface area contributed by atoms with Gasteiger partial charge in [0.1, 0.15) is 11.3 Å². The topological polar surface area (TPSA) is 104 Å². The van der Waals surface area contributed by atoms with E-state index in [2.05, 4.69) is 10.1 Å². The lowest BCUT2D eigenvalue weighted by Crippen LogP contribution is -2.06. The average Bonchev–Trinajstić information content (AvgIpc) is 3.15. The summed E-state index contributed by atoms with van der Waals surface area (Å²) in [5, 5.41) is 13.8. The Morgan fingerprint density at radius 3 is 2.58 bits per heavy atom. The van der Waals surface area contributed by atoms with Gasteiger partial charge in [0.15, 0.2) is 18.1 Å². The zero-order chi connectivity index (χ0) is 18.5. The highest BCUT2D eigenvalue weighted by Crippen LogP contribution is 2.30. The number of esters is 1. The molecule has 0 aliphatic rings. The minimum Gasteiger partial charge on any atom is -0.504 e. The van der Waals surface area contributed by atoms with E-state index in [9.17, 15) is 9.90 Å². The molecule has 0 saturated heterocycles. The zero-order valence-corrected chi connectivity index (χ0v) is 14.1. The second-order valence-corrected chi connectivity index (χ2v) is 5.14. The number of carbonyl (C=O) groups is 1. The Morgan fingerprint density at radius 1 is 1.08 bits per heavy atom. The summed E-state index contributed by atoms with van der Waals surface area (Å²) in [6.45, 7) is -0.238. The molecule has 0 amide bonds. The van der Waals surface area contributed by atoms with Gasteiger partial charge in [0.25, 0.3) is 5.89 Å². The van der Waals surface area contributed by atoms with Crippen LogP contribution in [0.5, 0.6) is 17.2 Å². The van der Waals surface area contributed by atoms with Crippen LogP contribution in [0.15, 0.2) is 47.0 Å². The number of hydrogen-bond donors (Lipinski definition) is 1. The Balaban J connectivity index is 1.71. The summed E-state index contributed by atoms with van der Waals surface area (Å²) >= 11 is 0. The number of ether oxygens (including phenoxy) is 3. The van der Waals surface area contributed by atoms with Gasteiger partial charge in [-0.3, -0.25) is 0 Å². The lowest BCUT2D eigenvalue weighted by Gasteiger charge is -2.07. The fraction of sp³-hybridized carbons (Fsp3) is 0.167. The molecule has 2 aromatic carbocycles. The molecule has 1 heterocycles. The minimum atomic E-state index is -0.738. The molecule has 0 bridgehead atoms. The molecule has 8 nitrogen and oxygen atoms in total. The van der Waals surface area contributed by atoms with Crippen molar-refractivity contribution in [3.63, 3.8) is 0 Å². The molecular weight excluding hydrogens is 340 g/mol. The molecule has 26 heavy (non-hydrogen) atoms. The molecule has 0 aliphatic carbocycles. The van der Waals surface area contributed by atoms with Gasteiger partial charge >= 0.3 is 5.97 Å². The second-order valence-electron chi connectivity index (χ2n) is 5.14. The first-order valence-electron chi connectivity index (χ1n) is 7.63. The van der Waals surface area contributed by atoms with Crippen LogP contribution in [0.2, 0.25) is 0 Å². The fourth-order valence-corrected chi connectivity index (χ4v) is 2.31. The summed E-state index contributed by atoms with van der Waals surface area (Å²) in [6, 6.07) is 11.7. The van der Waals surface area contributed by atoms with Gasteiger partial charge < -0.3 is 23.8 Å². The normalized spacial score (nSPS) is 10.4. The van der Waals surface area contributed by atoms with E-state index in [-0.39, 0.29) is 29.6 Å². The third-order valence-corrected chi connectivity index (χ3v) is 3.58. The molecule has 0 radical (unpaired) electrons. The van der Waals surface area contributed by atoms with Gasteiger partial charge in [0, 0.05) is 0 Å². The van der Waals surface area contributed by atoms with Crippen LogP contribution < -0.4 is 9.47 Å². The minimum absolute atomic E-state index is 0.0196. The first-order chi connectivity index (χ1) is 12.6. The predicted molar refractivity (Wildman–Crippen MR) is 90.1 cm³/mol. The monoisotopic (exact) mass is 356 g/mol. The molecule has 0 fully saturated rings. The van der Waals surface area contributed by atoms with Gasteiger partial charge in [-0.25, -0.2) is 4.79 Å². The molecule has 0 aliphatic heterocycles. The van der Waals surface area contributed by atoms with Crippen molar-refractivity contribution in [2.75, 3.05) is 14.2 Å². The quantitative estimate of drug-likeness (QED) is 0.672. The van der Waals surface area contributed by atoms with Crippen molar-refractivity contribution in [2.45, 2.75) is 6.61 Å². The summed E-state index contributed by atoms with van der Waals surface area (Å²) in [4.78, 5) is 16.3. The molecule has 0 spiro atoms. The maximum absolute atomic E-state index is 12.1. The van der Waals surface area contributed by atoms with Gasteiger partial charge in [-0.2, -0.15) is 4.98 Å². The summed E-state index contributed by atoms with van der Waals surface area (Å²) in [5.41, 5.74) is 0.635. The van der Waals surface area contributed by atoms with Crippen molar-refractivity contribution >= 4 is 5.97 Å². The lowest BCUT2D eigenvalue weighted by atomic mass is 10.2. The summed E-state index contributed by atoms with van der Waals surface area (Å²) in [5.74, 6) is 0.173. The van der Waals surface area contributed by atoms with Crippen LogP contribution in [0.25, 0.3) is 11.4 Å². The third-order valence-electron chi connectivity index (χ3n) is 3.58. The van der Waals surface area contributed by atoms with Crippen LogP contribution in [0, 0.1) is 0 Å². The van der Waals surface area contributed by atoms with Gasteiger partial charge in [-0.1, -0.05) is 23.4 Å². The highest BCUT2D eigenvalue weighted by Gasteiger charge is 2.18. The van der Waals surface area contributed by atoms with E-state index in [0.29, 0.717) is 17.1 Å². The SMILES string of the molecule is COc1ccccc1-c1noc(COC(=O)c2cccc(OC)c2O)n1. The van der Waals surface area contributed by atoms with E-state index in [0.717, 1.165) is 0 Å². The molecule has 0 atom stereocenters. The first-order valence-corrected chi connectivity index (χ1v) is 7.63. The van der Waals surface area contributed by atoms with E-state index < -0.39 is 5.97 Å². The zero-order valence-electron chi connectivity index (χ0n) is 14.1. The Morgan fingerprint density at radius 2 is 1.81 bits per heavy atom. The van der Waals surface area contributed by atoms with Crippen molar-refractivity contribution in [1.82, 2.24) is 10.1 Å². The number of phenolic OH excluding ortho intramolecular Hbond substituents is 1. The van der Waals surface area contributed by atoms with E-state index in [1.165, 1.54) is 19.2 Å². The van der Waals surface area contributed by atoms with E-state index in [1.54, 1.807) is 25.3 Å². The molecule has 0 unspecified atom stereocenters. The van der Waals surface area contributed by atoms with Crippen LogP contribution in [-0.2, 0) is 11.3 Å². The number of nitrogens with zero attached hydrogens (tertiary/aromatic N) is 2. The summed E-state index contributed by atoms with van der Waals surface area (Å²) in [6.07, 6.45) is 0. The first kappa shape index (κ1) is 17.3. The van der Waals surface area contributed by atoms with Crippen LogP contribution >= 0.6 is 0 Å². The number of para-hydroxylation sites is 2. The lowest BCUT2D eigenvalue weighted by molar-refractivity contribution is 0.0426. The Labute approximate surface area is 148 Å². The van der Waals surface area contributed by atoms with E-state index in [4.69, 9.17) is 18.7 Å². The average molecular weight is 356 g/mol. The number of aromatic nitrogens is 2. The Hall–Kier alpha value is -3.55. The Bertz CT molecular complexity index is 922. The Kier molecular flexibility index (Phi) is 5.02. The number of aromatic hydroxyl groups is 1. The number of benzene rings is 2. The van der Waals surface area contributed by atoms with Crippen molar-refractivity contribution in [3.8, 4) is 28.6 Å². The fourth-order valence-electron chi connectivity index (χ4n) is 2.31. The number of hydrogen-bond acceptors (Lipinski definition) is 8. The van der Waals surface area contributed by atoms with Crippen LogP contribution in [0.4, 0.5) is 0 Å². The van der Waals surface area contributed by atoms with Crippen molar-refractivity contribution in [2.24, 2.45) is 0 Å². The number of methoxy groups -OCH3 is 2. The van der Waals surface area contributed by atoms with Gasteiger partial charge in [0.2, 0.25) is 5.82 Å². The molecule has 0 saturated carbocycles. The molecule has 3 rings (SSSR count). The molecule has 134 valence electrons. The predicted octanol–water partition coefficient (Wildman–Crippen LogP) is 2.82. The maximum atomic E-state index is 12.1. The maximum Gasteiger partial charge on any atom is 0.342 e. The number of rotatable bonds is 6. The van der Waals surface area contributed by atoms with Crippen molar-refractivity contribution < 1.29 is 28.6 Å². The van der Waals surface area contributed by atoms with Crippen molar-refractivity contribution in [3.05, 3.63) is 53.9 Å². The summed E-state index contributed by atoms with van der Waals surface area (Å²) < 4.78 is 20.4. The molecular formula is C18H16N2O6. The third kappa shape index (κ3) is 3.44. The smallest absolute Gasteiger partial charge is 0.342 e. The molecule has 8 heteroatoms. The van der Waals surface area contributed by atoms with E-state index in [1.807, 2.05) is 12.1 Å². The van der Waals surface area contributed by atoms with Gasteiger partial charge in [-0.05, 0) is 24.3 Å². The molecule has 1 aromatic heterocycles. The van der Waals surface area contributed by atoms with Crippen LogP contribution in [-0.4, -0.2) is 35.4 Å². The van der Waals surface area contributed by atoms with Gasteiger partial charge in [0.05, 0.1) is 19.8 Å². The molecule has 3 aromatic rings. The number of carbonyl (C=O) groups excluding carboxylic acids is 1. The molecule has 1 N–H and O–H groups in total. The van der Waals surface area contributed by atoms with Crippen LogP contribution in [0.3, 0.4) is 0 Å². The largest absolute Gasteiger partial charge is 0.504 e. The standard InChI is InChI=1S/C18H16N2O6/c1-23-13-8-4-3-6-11(13)17-19-15(26-20-17)10-25-18(22)12-7-5-9-14(24-2)16(12)21/h3-9,21H,10H2,1-2H3. The van der Waals surface area contributed by atoms with Crippen molar-refractivity contribution in [1.29, 1.82) is 0 Å². The highest BCUT2D eigenvalue weighted by atomic mass is 16.6. The summed E-state index contributed by atoms with van der Waals surface area (Å²) in [7, 11) is 2.93. The van der Waals surface area contributed by atoms with Gasteiger partial charge in [-0.15, -0.1) is 0 Å². The highest BCUT2D eigenvalue weighted by molar-refractivity contribution is 5.93.